The lowest BCUT2D eigenvalue weighted by molar-refractivity contribution is 0.0697. The fraction of sp³-hybridized carbons (Fsp3) is 0.400. The molecule has 0 aliphatic heterocycles. The summed E-state index contributed by atoms with van der Waals surface area (Å²) in [5.41, 5.74) is 1.97. The van der Waals surface area contributed by atoms with Crippen LogP contribution in [0.2, 0.25) is 0 Å². The lowest BCUT2D eigenvalue weighted by Gasteiger charge is -2.25. The molecule has 4 rings (SSSR count). The van der Waals surface area contributed by atoms with Gasteiger partial charge in [0, 0.05) is 12.5 Å². The Morgan fingerprint density at radius 1 is 1.24 bits per heavy atom. The maximum absolute atomic E-state index is 11.3. The van der Waals surface area contributed by atoms with Crippen LogP contribution in [0.25, 0.3) is 22.6 Å². The molecule has 130 valence electrons. The number of hydrogen-bond acceptors (Lipinski definition) is 3. The number of benzene rings is 1. The zero-order valence-corrected chi connectivity index (χ0v) is 14.4. The Kier molecular flexibility index (Phi) is 4.07. The molecule has 5 heteroatoms. The Balaban J connectivity index is 1.90. The minimum Gasteiger partial charge on any atom is -0.478 e. The number of aryl methyl sites for hydroxylation is 1. The zero-order chi connectivity index (χ0) is 17.4. The SMILES string of the molecule is CCc1ccc(-c2nc3cc(C(=O)O)ccc3n2C2CCCCC2)o1. The summed E-state index contributed by atoms with van der Waals surface area (Å²) in [4.78, 5) is 16.1. The number of imidazole rings is 1. The topological polar surface area (TPSA) is 68.3 Å². The van der Waals surface area contributed by atoms with Crippen LogP contribution in [0.1, 0.15) is 61.2 Å². The molecule has 3 aromatic rings. The molecule has 1 aliphatic carbocycles. The van der Waals surface area contributed by atoms with E-state index in [4.69, 9.17) is 9.40 Å². The van der Waals surface area contributed by atoms with Crippen LogP contribution < -0.4 is 0 Å². The number of carboxylic acids is 1. The highest BCUT2D eigenvalue weighted by Crippen LogP contribution is 2.36. The van der Waals surface area contributed by atoms with Crippen LogP contribution in [0.4, 0.5) is 0 Å². The minimum atomic E-state index is -0.929. The molecule has 0 amide bonds. The molecule has 1 aromatic carbocycles. The lowest BCUT2D eigenvalue weighted by Crippen LogP contribution is -2.13. The van der Waals surface area contributed by atoms with Gasteiger partial charge in [0.1, 0.15) is 5.76 Å². The van der Waals surface area contributed by atoms with Crippen LogP contribution in [0.15, 0.2) is 34.7 Å². The van der Waals surface area contributed by atoms with Gasteiger partial charge in [-0.25, -0.2) is 9.78 Å². The predicted octanol–water partition coefficient (Wildman–Crippen LogP) is 5.06. The number of carboxylic acid groups (broad SMARTS) is 1. The van der Waals surface area contributed by atoms with Gasteiger partial charge in [0.2, 0.25) is 0 Å². The van der Waals surface area contributed by atoms with Crippen molar-refractivity contribution in [3.63, 3.8) is 0 Å². The van der Waals surface area contributed by atoms with Crippen molar-refractivity contribution in [2.45, 2.75) is 51.5 Å². The molecule has 1 aliphatic rings. The van der Waals surface area contributed by atoms with E-state index in [1.165, 1.54) is 19.3 Å². The Morgan fingerprint density at radius 2 is 2.04 bits per heavy atom. The van der Waals surface area contributed by atoms with Crippen LogP contribution in [-0.2, 0) is 6.42 Å². The van der Waals surface area contributed by atoms with Crippen molar-refractivity contribution in [3.8, 4) is 11.6 Å². The average Bonchev–Trinajstić information content (AvgIpc) is 3.26. The molecule has 2 heterocycles. The van der Waals surface area contributed by atoms with Crippen molar-refractivity contribution in [3.05, 3.63) is 41.7 Å². The number of fused-ring (bicyclic) bond motifs is 1. The smallest absolute Gasteiger partial charge is 0.335 e. The summed E-state index contributed by atoms with van der Waals surface area (Å²) in [6, 6.07) is 9.55. The number of aromatic carboxylic acids is 1. The van der Waals surface area contributed by atoms with E-state index in [1.807, 2.05) is 18.2 Å². The molecule has 1 N–H and O–H groups in total. The number of carbonyl (C=O) groups is 1. The van der Waals surface area contributed by atoms with E-state index in [0.717, 1.165) is 47.6 Å². The van der Waals surface area contributed by atoms with Gasteiger partial charge >= 0.3 is 5.97 Å². The van der Waals surface area contributed by atoms with Crippen LogP contribution in [0.5, 0.6) is 0 Å². The third-order valence-electron chi connectivity index (χ3n) is 5.11. The highest BCUT2D eigenvalue weighted by molar-refractivity contribution is 5.93. The molecule has 5 nitrogen and oxygen atoms in total. The summed E-state index contributed by atoms with van der Waals surface area (Å²) in [5, 5.41) is 9.27. The summed E-state index contributed by atoms with van der Waals surface area (Å²) in [7, 11) is 0. The third-order valence-corrected chi connectivity index (χ3v) is 5.11. The number of hydrogen-bond donors (Lipinski definition) is 1. The van der Waals surface area contributed by atoms with Gasteiger partial charge in [0.05, 0.1) is 16.6 Å². The summed E-state index contributed by atoms with van der Waals surface area (Å²) in [6.07, 6.45) is 6.81. The summed E-state index contributed by atoms with van der Waals surface area (Å²) < 4.78 is 8.22. The van der Waals surface area contributed by atoms with Gasteiger partial charge < -0.3 is 14.1 Å². The molecule has 2 aromatic heterocycles. The predicted molar refractivity (Wildman–Crippen MR) is 95.9 cm³/mol. The summed E-state index contributed by atoms with van der Waals surface area (Å²) in [5.74, 6) is 1.57. The Labute approximate surface area is 146 Å². The molecule has 1 fully saturated rings. The van der Waals surface area contributed by atoms with Gasteiger partial charge in [0.25, 0.3) is 0 Å². The van der Waals surface area contributed by atoms with Crippen molar-refractivity contribution in [2.24, 2.45) is 0 Å². The van der Waals surface area contributed by atoms with Gasteiger partial charge in [-0.2, -0.15) is 0 Å². The maximum atomic E-state index is 11.3. The van der Waals surface area contributed by atoms with Crippen molar-refractivity contribution >= 4 is 17.0 Å². The highest BCUT2D eigenvalue weighted by atomic mass is 16.4. The van der Waals surface area contributed by atoms with E-state index in [9.17, 15) is 9.90 Å². The first kappa shape index (κ1) is 15.9. The van der Waals surface area contributed by atoms with Crippen molar-refractivity contribution in [1.82, 2.24) is 9.55 Å². The Hall–Kier alpha value is -2.56. The normalized spacial score (nSPS) is 15.7. The fourth-order valence-electron chi connectivity index (χ4n) is 3.80. The van der Waals surface area contributed by atoms with E-state index in [2.05, 4.69) is 11.5 Å². The van der Waals surface area contributed by atoms with Crippen LogP contribution in [-0.4, -0.2) is 20.6 Å². The Morgan fingerprint density at radius 3 is 2.72 bits per heavy atom. The molecule has 1 saturated carbocycles. The molecule has 0 radical (unpaired) electrons. The first-order valence-electron chi connectivity index (χ1n) is 9.01. The summed E-state index contributed by atoms with van der Waals surface area (Å²) in [6.45, 7) is 2.06. The standard InChI is InChI=1S/C20H22N2O3/c1-2-15-9-11-18(25-15)19-21-16-12-13(20(23)24)8-10-17(16)22(19)14-6-4-3-5-7-14/h8-12,14H,2-7H2,1H3,(H,23,24). The molecular weight excluding hydrogens is 316 g/mol. The van der Waals surface area contributed by atoms with Gasteiger partial charge in [-0.05, 0) is 43.2 Å². The third kappa shape index (κ3) is 2.84. The van der Waals surface area contributed by atoms with Crippen LogP contribution >= 0.6 is 0 Å². The number of nitrogens with zero attached hydrogens (tertiary/aromatic N) is 2. The van der Waals surface area contributed by atoms with E-state index < -0.39 is 5.97 Å². The number of aromatic nitrogens is 2. The lowest BCUT2D eigenvalue weighted by atomic mass is 9.95. The molecule has 0 bridgehead atoms. The van der Waals surface area contributed by atoms with E-state index in [-0.39, 0.29) is 5.56 Å². The van der Waals surface area contributed by atoms with Crippen LogP contribution in [0, 0.1) is 0 Å². The van der Waals surface area contributed by atoms with Crippen molar-refractivity contribution in [1.29, 1.82) is 0 Å². The average molecular weight is 338 g/mol. The molecule has 0 saturated heterocycles. The quantitative estimate of drug-likeness (QED) is 0.722. The molecule has 0 atom stereocenters. The first-order valence-corrected chi connectivity index (χ1v) is 9.01. The van der Waals surface area contributed by atoms with Crippen molar-refractivity contribution < 1.29 is 14.3 Å². The Bertz CT molecular complexity index is 916. The molecule has 25 heavy (non-hydrogen) atoms. The summed E-state index contributed by atoms with van der Waals surface area (Å²) >= 11 is 0. The van der Waals surface area contributed by atoms with Gasteiger partial charge in [0.15, 0.2) is 11.6 Å². The van der Waals surface area contributed by atoms with E-state index in [0.29, 0.717) is 6.04 Å². The van der Waals surface area contributed by atoms with Crippen LogP contribution in [0.3, 0.4) is 0 Å². The van der Waals surface area contributed by atoms with Gasteiger partial charge in [-0.15, -0.1) is 0 Å². The second-order valence-corrected chi connectivity index (χ2v) is 6.73. The largest absolute Gasteiger partial charge is 0.478 e. The maximum Gasteiger partial charge on any atom is 0.335 e. The van der Waals surface area contributed by atoms with E-state index >= 15 is 0 Å². The first-order chi connectivity index (χ1) is 12.2. The second-order valence-electron chi connectivity index (χ2n) is 6.73. The zero-order valence-electron chi connectivity index (χ0n) is 14.4. The molecule has 0 spiro atoms. The van der Waals surface area contributed by atoms with E-state index in [1.54, 1.807) is 12.1 Å². The molecular formula is C20H22N2O3. The number of furan rings is 1. The highest BCUT2D eigenvalue weighted by Gasteiger charge is 2.24. The monoisotopic (exact) mass is 338 g/mol. The second kappa shape index (κ2) is 6.39. The van der Waals surface area contributed by atoms with Gasteiger partial charge in [-0.3, -0.25) is 0 Å². The molecule has 0 unspecified atom stereocenters. The minimum absolute atomic E-state index is 0.265. The van der Waals surface area contributed by atoms with Gasteiger partial charge in [-0.1, -0.05) is 26.2 Å². The number of rotatable bonds is 4. The fourth-order valence-corrected chi connectivity index (χ4v) is 3.80. The van der Waals surface area contributed by atoms with Crippen molar-refractivity contribution in [2.75, 3.05) is 0 Å².